The number of allylic oxidation sites excluding steroid dienone is 4. The van der Waals surface area contributed by atoms with E-state index in [0.717, 1.165) is 17.6 Å². The average molecular weight is 354 g/mol. The maximum Gasteiger partial charge on any atom is 0.254 e. The second-order valence-corrected chi connectivity index (χ2v) is 6.63. The van der Waals surface area contributed by atoms with Crippen LogP contribution in [-0.4, -0.2) is 22.8 Å². The number of ketones is 1. The highest BCUT2D eigenvalue weighted by molar-refractivity contribution is 6.27. The summed E-state index contributed by atoms with van der Waals surface area (Å²) >= 11 is 0. The lowest BCUT2D eigenvalue weighted by Gasteiger charge is -2.10. The maximum absolute atomic E-state index is 12.5. The Morgan fingerprint density at radius 1 is 1.27 bits per heavy atom. The van der Waals surface area contributed by atoms with Gasteiger partial charge in [0.1, 0.15) is 5.75 Å². The molecular weight excluding hydrogens is 330 g/mol. The van der Waals surface area contributed by atoms with Gasteiger partial charge in [0.15, 0.2) is 5.78 Å². The summed E-state index contributed by atoms with van der Waals surface area (Å²) in [5.74, 6) is -1.16. The summed E-state index contributed by atoms with van der Waals surface area (Å²) in [6, 6.07) is 5.63. The van der Waals surface area contributed by atoms with Crippen LogP contribution in [0.15, 0.2) is 59.4 Å². The van der Waals surface area contributed by atoms with Crippen molar-refractivity contribution < 1.29 is 19.8 Å². The molecule has 26 heavy (non-hydrogen) atoms. The van der Waals surface area contributed by atoms with Gasteiger partial charge in [-0.1, -0.05) is 62.0 Å². The number of phenolic OH excluding ortho intramolecular Hbond substituents is 1. The molecule has 0 bridgehead atoms. The topological polar surface area (TPSA) is 89.5 Å². The molecule has 2 rings (SSSR count). The minimum Gasteiger partial charge on any atom is -0.872 e. The third kappa shape index (κ3) is 4.85. The molecule has 0 spiro atoms. The Bertz CT molecular complexity index is 772. The molecule has 0 radical (unpaired) electrons. The molecule has 5 nitrogen and oxygen atoms in total. The van der Waals surface area contributed by atoms with Crippen molar-refractivity contribution in [3.05, 3.63) is 65.0 Å². The number of nitrogens with one attached hydrogen (secondary N) is 1. The van der Waals surface area contributed by atoms with Crippen LogP contribution in [0.3, 0.4) is 0 Å². The molecule has 1 heterocycles. The number of benzene rings is 1. The number of aromatic hydroxyl groups is 1. The number of hydrogen-bond donors (Lipinski definition) is 2. The highest BCUT2D eigenvalue weighted by Gasteiger charge is 2.35. The fraction of sp³-hybridized carbons (Fsp3) is 0.333. The lowest BCUT2D eigenvalue weighted by atomic mass is 10.0. The minimum absolute atomic E-state index is 0.129. The van der Waals surface area contributed by atoms with Crippen LogP contribution in [-0.2, 0) is 16.0 Å². The Morgan fingerprint density at radius 2 is 1.92 bits per heavy atom. The van der Waals surface area contributed by atoms with Crippen LogP contribution in [0.2, 0.25) is 0 Å². The molecule has 2 unspecified atom stereocenters. The summed E-state index contributed by atoms with van der Waals surface area (Å²) in [5.41, 5.74) is 1.39. The smallest absolute Gasteiger partial charge is 0.254 e. The number of hydrogen-bond acceptors (Lipinski definition) is 4. The molecule has 1 aromatic rings. The summed E-state index contributed by atoms with van der Waals surface area (Å²) in [6.45, 7) is 6.04. The molecule has 0 aliphatic carbocycles. The first-order valence-electron chi connectivity index (χ1n) is 8.72. The zero-order chi connectivity index (χ0) is 19.3. The fourth-order valence-corrected chi connectivity index (χ4v) is 2.74. The van der Waals surface area contributed by atoms with E-state index >= 15 is 0 Å². The van der Waals surface area contributed by atoms with Crippen molar-refractivity contribution >= 4 is 11.7 Å². The Balaban J connectivity index is 2.14. The molecule has 2 atom stereocenters. The normalized spacial score (nSPS) is 21.2. The molecule has 1 aliphatic rings. The zero-order valence-corrected chi connectivity index (χ0v) is 15.3. The molecule has 1 saturated heterocycles. The first kappa shape index (κ1) is 19.5. The van der Waals surface area contributed by atoms with Crippen molar-refractivity contribution in [1.29, 1.82) is 0 Å². The van der Waals surface area contributed by atoms with Crippen LogP contribution in [0.1, 0.15) is 32.8 Å². The standard InChI is InChI=1S/C21H25NO4/c1-4-13(2)11-14(3)5-10-18(24)19-20(25)17(22-21(19)26)12-15-6-8-16(23)9-7-15/h5-11,13,17,23-24H,4,12H2,1-3H3,(H,22,26)/p-1/b10-5+,14-11+,19-18+. The Hall–Kier alpha value is -2.82. The van der Waals surface area contributed by atoms with E-state index in [0.29, 0.717) is 5.92 Å². The number of amides is 1. The average Bonchev–Trinajstić information content (AvgIpc) is 2.88. The highest BCUT2D eigenvalue weighted by atomic mass is 16.3. The van der Waals surface area contributed by atoms with E-state index < -0.39 is 23.5 Å². The SMILES string of the molecule is CCC(C)/C=C(C)/C=C/C([O-])=C1\C(=O)NC(Cc2ccc(O)cc2)C1=O. The van der Waals surface area contributed by atoms with E-state index in [1.165, 1.54) is 18.2 Å². The third-order valence-electron chi connectivity index (χ3n) is 4.41. The molecule has 0 saturated carbocycles. The van der Waals surface area contributed by atoms with Crippen molar-refractivity contribution in [1.82, 2.24) is 5.32 Å². The van der Waals surface area contributed by atoms with Gasteiger partial charge in [-0.25, -0.2) is 0 Å². The second-order valence-electron chi connectivity index (χ2n) is 6.63. The first-order valence-corrected chi connectivity index (χ1v) is 8.72. The van der Waals surface area contributed by atoms with Gasteiger partial charge in [-0.2, -0.15) is 0 Å². The van der Waals surface area contributed by atoms with Crippen LogP contribution in [0.4, 0.5) is 0 Å². The fourth-order valence-electron chi connectivity index (χ4n) is 2.74. The molecule has 2 N–H and O–H groups in total. The predicted octanol–water partition coefficient (Wildman–Crippen LogP) is 2.17. The summed E-state index contributed by atoms with van der Waals surface area (Å²) < 4.78 is 0. The molecule has 5 heteroatoms. The largest absolute Gasteiger partial charge is 0.872 e. The van der Waals surface area contributed by atoms with Gasteiger partial charge in [-0.15, -0.1) is 0 Å². The second kappa shape index (κ2) is 8.52. The molecular formula is C21H24NO4-. The molecule has 1 fully saturated rings. The van der Waals surface area contributed by atoms with Gasteiger partial charge in [-0.3, -0.25) is 9.59 Å². The van der Waals surface area contributed by atoms with E-state index in [4.69, 9.17) is 0 Å². The molecule has 1 aromatic carbocycles. The van der Waals surface area contributed by atoms with Crippen molar-refractivity contribution in [2.75, 3.05) is 0 Å². The Kier molecular flexibility index (Phi) is 6.39. The first-order chi connectivity index (χ1) is 12.3. The number of Topliss-reactive ketones (excluding diaryl/α,β-unsaturated/α-hetero) is 1. The van der Waals surface area contributed by atoms with E-state index in [1.807, 2.05) is 13.0 Å². The van der Waals surface area contributed by atoms with Gasteiger partial charge >= 0.3 is 0 Å². The van der Waals surface area contributed by atoms with Gasteiger partial charge in [0.05, 0.1) is 11.6 Å². The van der Waals surface area contributed by atoms with Crippen LogP contribution < -0.4 is 10.4 Å². The Morgan fingerprint density at radius 3 is 2.54 bits per heavy atom. The lowest BCUT2D eigenvalue weighted by Crippen LogP contribution is -2.31. The zero-order valence-electron chi connectivity index (χ0n) is 15.3. The maximum atomic E-state index is 12.5. The van der Waals surface area contributed by atoms with Gasteiger partial charge < -0.3 is 15.5 Å². The van der Waals surface area contributed by atoms with Gasteiger partial charge in [0, 0.05) is 6.42 Å². The molecule has 138 valence electrons. The van der Waals surface area contributed by atoms with Gasteiger partial charge in [0.2, 0.25) is 0 Å². The Labute approximate surface area is 153 Å². The molecule has 1 amide bonds. The highest BCUT2D eigenvalue weighted by Crippen LogP contribution is 2.19. The minimum atomic E-state index is -0.754. The van der Waals surface area contributed by atoms with E-state index in [1.54, 1.807) is 18.2 Å². The van der Waals surface area contributed by atoms with Gasteiger partial charge in [-0.05, 0) is 30.5 Å². The van der Waals surface area contributed by atoms with Crippen molar-refractivity contribution in [2.24, 2.45) is 5.92 Å². The number of rotatable bonds is 6. The van der Waals surface area contributed by atoms with Crippen LogP contribution in [0, 0.1) is 5.92 Å². The van der Waals surface area contributed by atoms with Gasteiger partial charge in [0.25, 0.3) is 5.91 Å². The summed E-state index contributed by atoms with van der Waals surface area (Å²) in [6.07, 6.45) is 6.23. The van der Waals surface area contributed by atoms with E-state index in [9.17, 15) is 19.8 Å². The summed E-state index contributed by atoms with van der Waals surface area (Å²) in [5, 5.41) is 24.2. The quantitative estimate of drug-likeness (QED) is 0.355. The summed E-state index contributed by atoms with van der Waals surface area (Å²) in [4.78, 5) is 24.5. The number of carbonyl (C=O) groups is 2. The van der Waals surface area contributed by atoms with Crippen molar-refractivity contribution in [3.8, 4) is 5.75 Å². The lowest BCUT2D eigenvalue weighted by molar-refractivity contribution is -0.295. The predicted molar refractivity (Wildman–Crippen MR) is 98.1 cm³/mol. The molecule has 0 aromatic heterocycles. The van der Waals surface area contributed by atoms with Crippen LogP contribution in [0.5, 0.6) is 5.75 Å². The monoisotopic (exact) mass is 354 g/mol. The molecule has 1 aliphatic heterocycles. The van der Waals surface area contributed by atoms with Crippen LogP contribution >= 0.6 is 0 Å². The van der Waals surface area contributed by atoms with Crippen molar-refractivity contribution in [3.63, 3.8) is 0 Å². The third-order valence-corrected chi connectivity index (χ3v) is 4.41. The number of phenols is 1. The summed E-state index contributed by atoms with van der Waals surface area (Å²) in [7, 11) is 0. The van der Waals surface area contributed by atoms with E-state index in [-0.39, 0.29) is 17.7 Å². The van der Waals surface area contributed by atoms with Crippen molar-refractivity contribution in [2.45, 2.75) is 39.7 Å². The number of carbonyl (C=O) groups excluding carboxylic acids is 2. The van der Waals surface area contributed by atoms with E-state index in [2.05, 4.69) is 19.2 Å². The van der Waals surface area contributed by atoms with Crippen LogP contribution in [0.25, 0.3) is 0 Å².